The highest BCUT2D eigenvalue weighted by Gasteiger charge is 2.28. The predicted molar refractivity (Wildman–Crippen MR) is 191 cm³/mol. The first-order valence-corrected chi connectivity index (χ1v) is 16.8. The number of hydrogen-bond acceptors (Lipinski definition) is 10. The Hall–Kier alpha value is -4.88. The highest BCUT2D eigenvalue weighted by atomic mass is 16.5. The van der Waals surface area contributed by atoms with Crippen molar-refractivity contribution in [1.82, 2.24) is 20.6 Å². The third kappa shape index (κ3) is 7.79. The Morgan fingerprint density at radius 3 is 1.46 bits per heavy atom. The van der Waals surface area contributed by atoms with E-state index in [9.17, 15) is 19.8 Å². The second kappa shape index (κ2) is 15.3. The molecule has 0 aliphatic heterocycles. The molecule has 0 unspecified atom stereocenters. The van der Waals surface area contributed by atoms with E-state index in [1.165, 1.54) is 0 Å². The summed E-state index contributed by atoms with van der Waals surface area (Å²) < 4.78 is 11.1. The van der Waals surface area contributed by atoms with Crippen LogP contribution in [0.15, 0.2) is 60.9 Å². The van der Waals surface area contributed by atoms with Gasteiger partial charge in [-0.2, -0.15) is 0 Å². The van der Waals surface area contributed by atoms with Gasteiger partial charge in [0.25, 0.3) is 11.8 Å². The summed E-state index contributed by atoms with van der Waals surface area (Å²) in [5.74, 6) is 0.387. The van der Waals surface area contributed by atoms with E-state index in [2.05, 4.69) is 31.2 Å². The monoisotopic (exact) mass is 680 g/mol. The van der Waals surface area contributed by atoms with E-state index in [4.69, 9.17) is 9.47 Å². The van der Waals surface area contributed by atoms with E-state index in [1.807, 2.05) is 50.2 Å². The number of ether oxygens (including phenoxy) is 2. The molecule has 2 aromatic carbocycles. The van der Waals surface area contributed by atoms with Crippen LogP contribution < -0.4 is 30.7 Å². The van der Waals surface area contributed by atoms with Crippen LogP contribution in [0.25, 0.3) is 11.1 Å². The lowest BCUT2D eigenvalue weighted by molar-refractivity contribution is 0.0615. The largest absolute Gasteiger partial charge is 0.496 e. The molecule has 6 rings (SSSR count). The quantitative estimate of drug-likeness (QED) is 0.118. The van der Waals surface area contributed by atoms with Crippen LogP contribution in [0.3, 0.4) is 0 Å². The number of hydrogen-bond donors (Lipinski definition) is 6. The number of anilines is 2. The molecule has 2 aliphatic carbocycles. The van der Waals surface area contributed by atoms with E-state index < -0.39 is 0 Å². The number of nitrogens with zero attached hydrogens (tertiary/aromatic N) is 2. The number of methoxy groups -OCH3 is 2. The maximum absolute atomic E-state index is 13.3. The van der Waals surface area contributed by atoms with Gasteiger partial charge in [-0.25, -0.2) is 0 Å². The first kappa shape index (κ1) is 35.0. The topological polar surface area (TPSA) is 167 Å². The minimum Gasteiger partial charge on any atom is -0.496 e. The smallest absolute Gasteiger partial charge is 0.274 e. The van der Waals surface area contributed by atoms with Crippen LogP contribution in [0.1, 0.15) is 68.9 Å². The maximum atomic E-state index is 13.3. The van der Waals surface area contributed by atoms with Crippen molar-refractivity contribution in [2.24, 2.45) is 0 Å². The highest BCUT2D eigenvalue weighted by molar-refractivity contribution is 6.05. The SMILES string of the molecule is COc1cc(C(=O)Nc2cccc(-c3cccc(NC(=O)c4cc(OC)c(CN[C@H]5C[C@@H](O)C5)cn4)c3C)c2C)ncc1CN[C@H]1C[C@@H](O)C1. The third-order valence-corrected chi connectivity index (χ3v) is 9.64. The fourth-order valence-corrected chi connectivity index (χ4v) is 6.34. The van der Waals surface area contributed by atoms with Gasteiger partial charge in [-0.3, -0.25) is 19.6 Å². The number of pyridine rings is 2. The molecular formula is C38H44N6O6. The molecule has 2 saturated carbocycles. The van der Waals surface area contributed by atoms with Crippen molar-refractivity contribution in [2.45, 2.75) is 76.9 Å². The lowest BCUT2D eigenvalue weighted by atomic mass is 9.89. The van der Waals surface area contributed by atoms with E-state index >= 15 is 0 Å². The Morgan fingerprint density at radius 2 is 1.10 bits per heavy atom. The van der Waals surface area contributed by atoms with Crippen LogP contribution in [-0.4, -0.2) is 70.5 Å². The summed E-state index contributed by atoms with van der Waals surface area (Å²) >= 11 is 0. The first-order valence-electron chi connectivity index (χ1n) is 16.8. The molecular weight excluding hydrogens is 636 g/mol. The maximum Gasteiger partial charge on any atom is 0.274 e. The molecule has 12 nitrogen and oxygen atoms in total. The molecule has 6 N–H and O–H groups in total. The predicted octanol–water partition coefficient (Wildman–Crippen LogP) is 4.51. The Morgan fingerprint density at radius 1 is 0.700 bits per heavy atom. The van der Waals surface area contributed by atoms with Crippen LogP contribution in [0.2, 0.25) is 0 Å². The van der Waals surface area contributed by atoms with Crippen molar-refractivity contribution in [3.63, 3.8) is 0 Å². The lowest BCUT2D eigenvalue weighted by Gasteiger charge is -2.32. The van der Waals surface area contributed by atoms with Gasteiger partial charge < -0.3 is 41.0 Å². The molecule has 50 heavy (non-hydrogen) atoms. The van der Waals surface area contributed by atoms with Crippen molar-refractivity contribution < 1.29 is 29.3 Å². The molecule has 2 amide bonds. The molecule has 0 saturated heterocycles. The number of carbonyl (C=O) groups is 2. The minimum atomic E-state index is -0.366. The zero-order chi connectivity index (χ0) is 35.4. The van der Waals surface area contributed by atoms with Crippen LogP contribution in [-0.2, 0) is 13.1 Å². The Balaban J connectivity index is 1.14. The summed E-state index contributed by atoms with van der Waals surface area (Å²) in [5.41, 5.74) is 6.90. The standard InChI is InChI=1S/C38H44N6O6/c1-21-29(7-5-9-31(21)43-37(47)33-15-35(49-3)23(19-41-33)17-39-25-11-27(45)12-25)30-8-6-10-32(22(30)2)44-38(48)34-16-36(50-4)24(20-42-34)18-40-26-13-28(46)14-26/h5-10,15-16,19-20,25-28,39-40,45-46H,11-14,17-18H2,1-4H3,(H,43,47)(H,44,48)/t25-,26-,27+,28+. The van der Waals surface area contributed by atoms with Crippen molar-refractivity contribution in [2.75, 3.05) is 24.9 Å². The molecule has 2 aromatic heterocycles. The summed E-state index contributed by atoms with van der Waals surface area (Å²) in [4.78, 5) is 35.5. The number of benzene rings is 2. The van der Waals surface area contributed by atoms with E-state index in [0.29, 0.717) is 36.0 Å². The van der Waals surface area contributed by atoms with Crippen molar-refractivity contribution in [3.8, 4) is 22.6 Å². The Kier molecular flexibility index (Phi) is 10.7. The third-order valence-electron chi connectivity index (χ3n) is 9.64. The van der Waals surface area contributed by atoms with Crippen molar-refractivity contribution >= 4 is 23.2 Å². The molecule has 12 heteroatoms. The molecule has 0 bridgehead atoms. The number of aliphatic hydroxyl groups excluding tert-OH is 2. The molecule has 0 radical (unpaired) electrons. The van der Waals surface area contributed by atoms with Gasteiger partial charge in [0.2, 0.25) is 0 Å². The van der Waals surface area contributed by atoms with Crippen LogP contribution in [0, 0.1) is 13.8 Å². The fourth-order valence-electron chi connectivity index (χ4n) is 6.34. The average Bonchev–Trinajstić information content (AvgIpc) is 3.09. The van der Waals surface area contributed by atoms with Gasteiger partial charge in [0.1, 0.15) is 22.9 Å². The summed E-state index contributed by atoms with van der Waals surface area (Å²) in [6.07, 6.45) is 5.69. The normalized spacial score (nSPS) is 19.6. The van der Waals surface area contributed by atoms with Gasteiger partial charge in [-0.15, -0.1) is 0 Å². The first-order chi connectivity index (χ1) is 24.1. The molecule has 2 aliphatic rings. The van der Waals surface area contributed by atoms with Gasteiger partial charge in [0.15, 0.2) is 0 Å². The Labute approximate surface area is 291 Å². The van der Waals surface area contributed by atoms with Gasteiger partial charge in [-0.1, -0.05) is 24.3 Å². The number of rotatable bonds is 13. The summed E-state index contributed by atoms with van der Waals surface area (Å²) in [5, 5.41) is 31.9. The van der Waals surface area contributed by atoms with Crippen LogP contribution in [0.5, 0.6) is 11.5 Å². The average molecular weight is 681 g/mol. The highest BCUT2D eigenvalue weighted by Crippen LogP contribution is 2.34. The zero-order valence-electron chi connectivity index (χ0n) is 28.7. The lowest BCUT2D eigenvalue weighted by Crippen LogP contribution is -2.43. The summed E-state index contributed by atoms with van der Waals surface area (Å²) in [6, 6.07) is 15.2. The van der Waals surface area contributed by atoms with E-state index in [0.717, 1.165) is 59.1 Å². The number of amides is 2. The number of aromatic nitrogens is 2. The second-order valence-corrected chi connectivity index (χ2v) is 13.0. The van der Waals surface area contributed by atoms with Crippen LogP contribution in [0.4, 0.5) is 11.4 Å². The molecule has 0 atom stereocenters. The van der Waals surface area contributed by atoms with Crippen molar-refractivity contribution in [3.05, 3.63) is 94.6 Å². The molecule has 0 spiro atoms. The van der Waals surface area contributed by atoms with Gasteiger partial charge >= 0.3 is 0 Å². The zero-order valence-corrected chi connectivity index (χ0v) is 28.7. The number of nitrogens with one attached hydrogen (secondary N) is 4. The van der Waals surface area contributed by atoms with Gasteiger partial charge in [0.05, 0.1) is 26.4 Å². The molecule has 2 fully saturated rings. The van der Waals surface area contributed by atoms with E-state index in [1.54, 1.807) is 38.7 Å². The van der Waals surface area contributed by atoms with E-state index in [-0.39, 0.29) is 47.5 Å². The minimum absolute atomic E-state index is 0.225. The van der Waals surface area contributed by atoms with Gasteiger partial charge in [0, 0.05) is 72.2 Å². The summed E-state index contributed by atoms with van der Waals surface area (Å²) in [6.45, 7) is 4.93. The summed E-state index contributed by atoms with van der Waals surface area (Å²) in [7, 11) is 3.12. The van der Waals surface area contributed by atoms with Crippen molar-refractivity contribution in [1.29, 1.82) is 0 Å². The fraction of sp³-hybridized carbons (Fsp3) is 0.368. The van der Waals surface area contributed by atoms with Crippen LogP contribution >= 0.6 is 0 Å². The Bertz CT molecular complexity index is 1740. The second-order valence-electron chi connectivity index (χ2n) is 13.0. The number of carbonyl (C=O) groups excluding carboxylic acids is 2. The number of aliphatic hydroxyl groups is 2. The molecule has 4 aromatic rings. The molecule has 262 valence electrons. The molecule has 2 heterocycles. The van der Waals surface area contributed by atoms with Gasteiger partial charge in [-0.05, 0) is 73.9 Å².